The van der Waals surface area contributed by atoms with Crippen LogP contribution in [0.15, 0.2) is 28.6 Å². The van der Waals surface area contributed by atoms with E-state index in [9.17, 15) is 28.2 Å². The molecule has 1 unspecified atom stereocenters. The average molecular weight is 840 g/mol. The fourth-order valence-electron chi connectivity index (χ4n) is 4.23. The zero-order valence-electron chi connectivity index (χ0n) is 32.2. The third kappa shape index (κ3) is 18.9. The molecule has 2 aromatic rings. The number of carboxylic acid groups (broad SMARTS) is 1. The molecule has 2 heterocycles. The zero-order valence-corrected chi connectivity index (χ0v) is 35.5. The molecule has 2 amide bonds. The van der Waals surface area contributed by atoms with Crippen molar-refractivity contribution in [3.05, 3.63) is 34.3 Å². The van der Waals surface area contributed by atoms with Crippen molar-refractivity contribution in [1.82, 2.24) is 20.3 Å². The fourth-order valence-corrected chi connectivity index (χ4v) is 5.18. The van der Waals surface area contributed by atoms with E-state index in [-0.39, 0.29) is 33.9 Å². The van der Waals surface area contributed by atoms with Gasteiger partial charge >= 0.3 is 18.0 Å². The third-order valence-corrected chi connectivity index (χ3v) is 7.73. The molecular formula is C33H52ClFN7O9PS2. The van der Waals surface area contributed by atoms with Crippen molar-refractivity contribution in [2.24, 2.45) is 0 Å². The molecular weight excluding hydrogens is 788 g/mol. The lowest BCUT2D eigenvalue weighted by atomic mass is 10.1. The number of nitrogens with zero attached hydrogens (tertiary/aromatic N) is 4. The molecule has 4 rings (SSSR count). The minimum Gasteiger partial charge on any atom is -0.778 e. The van der Waals surface area contributed by atoms with Gasteiger partial charge in [0.1, 0.15) is 19.2 Å². The molecule has 1 aromatic heterocycles. The summed E-state index contributed by atoms with van der Waals surface area (Å²) in [6.45, 7) is 11.8. The van der Waals surface area contributed by atoms with Gasteiger partial charge in [0, 0.05) is 18.2 Å². The van der Waals surface area contributed by atoms with E-state index in [1.165, 1.54) is 17.8 Å². The highest BCUT2D eigenvalue weighted by molar-refractivity contribution is 7.98. The van der Waals surface area contributed by atoms with E-state index in [2.05, 4.69) is 65.1 Å². The zero-order chi connectivity index (χ0) is 41.4. The Morgan fingerprint density at radius 3 is 2.20 bits per heavy atom. The van der Waals surface area contributed by atoms with Gasteiger partial charge in [0.25, 0.3) is 0 Å². The number of imide groups is 1. The maximum absolute atomic E-state index is 14.3. The predicted molar refractivity (Wildman–Crippen MR) is 211 cm³/mol. The van der Waals surface area contributed by atoms with Crippen molar-refractivity contribution in [2.45, 2.75) is 84.0 Å². The summed E-state index contributed by atoms with van der Waals surface area (Å²) in [7, 11) is -3.71. The Hall–Kier alpha value is -3.19. The molecule has 0 bridgehead atoms. The van der Waals surface area contributed by atoms with Crippen molar-refractivity contribution in [1.29, 1.82) is 0 Å². The summed E-state index contributed by atoms with van der Waals surface area (Å²) >= 11 is 7.55. The van der Waals surface area contributed by atoms with Gasteiger partial charge < -0.3 is 39.6 Å². The Bertz CT molecular complexity index is 1650. The van der Waals surface area contributed by atoms with Crippen molar-refractivity contribution >= 4 is 77.4 Å². The molecule has 16 nitrogen and oxygen atoms in total. The first-order chi connectivity index (χ1) is 25.0. The average Bonchev–Trinajstić information content (AvgIpc) is 3.64. The van der Waals surface area contributed by atoms with Crippen LogP contribution < -0.4 is 30.5 Å². The smallest absolute Gasteiger partial charge is 0.427 e. The number of benzene rings is 1. The van der Waals surface area contributed by atoms with Crippen LogP contribution >= 0.6 is 31.0 Å². The highest BCUT2D eigenvalue weighted by atomic mass is 35.5. The number of carboxylic acids is 1. The van der Waals surface area contributed by atoms with Crippen LogP contribution in [-0.2, 0) is 29.8 Å². The standard InChI is InChI=1S/C17H17ClFNO4.C10H19N5S.C3H8NO5P.C3H9S/c1-9(2)15-16(21)20(17(22)24-15)13-8-14(11(18)7-12(13)19)23-10-5-3-4-6-10;1-6-11-7-12-8(15-10(2,3)4)14-9(13-7)16-5;5-3(6)1-4-2-10(7,8)9;1-4(2)3/h7-8,10H,3-6H2,1-2H3;6H2,1-5H3,(H2,11,12,13,14,15);4H,1-2H2,(H,5,6)(H2,7,8,9);1-3H3/q;;;+1/p-1. The monoisotopic (exact) mass is 839 g/mol. The van der Waals surface area contributed by atoms with E-state index in [1.54, 1.807) is 13.8 Å². The number of cyclic esters (lactones) is 1. The Balaban J connectivity index is 0.000000419. The van der Waals surface area contributed by atoms with E-state index in [0.29, 0.717) is 33.3 Å². The van der Waals surface area contributed by atoms with Crippen LogP contribution in [0.3, 0.4) is 0 Å². The number of aromatic nitrogens is 3. The molecule has 304 valence electrons. The van der Waals surface area contributed by atoms with Gasteiger partial charge in [0.05, 0.1) is 48.4 Å². The number of ether oxygens (including phenoxy) is 2. The maximum Gasteiger partial charge on any atom is 0.427 e. The number of carbonyl (C=O) groups is 3. The lowest BCUT2D eigenvalue weighted by Crippen LogP contribution is -2.29. The SMILES string of the molecule is CC(C)=C1OC(=O)N(c2cc(OC3CCCC3)c(Cl)cc2F)C1=O.CCNc1nc(NC(C)(C)C)nc(SC)n1.C[S+](C)C.O=C(O)CNCP(=O)([O-])O. The molecule has 1 aliphatic carbocycles. The summed E-state index contributed by atoms with van der Waals surface area (Å²) in [4.78, 5) is 65.6. The maximum atomic E-state index is 14.3. The van der Waals surface area contributed by atoms with E-state index in [4.69, 9.17) is 31.1 Å². The highest BCUT2D eigenvalue weighted by Crippen LogP contribution is 2.37. The Labute approximate surface area is 328 Å². The highest BCUT2D eigenvalue weighted by Gasteiger charge is 2.40. The van der Waals surface area contributed by atoms with Crippen LogP contribution in [0.1, 0.15) is 67.2 Å². The molecule has 5 N–H and O–H groups in total. The number of allylic oxidation sites excluding steroid dienone is 1. The van der Waals surface area contributed by atoms with Crippen LogP contribution in [0, 0.1) is 5.82 Å². The van der Waals surface area contributed by atoms with Gasteiger partial charge in [0.2, 0.25) is 11.9 Å². The first-order valence-corrected chi connectivity index (χ1v) is 22.5. The van der Waals surface area contributed by atoms with Crippen molar-refractivity contribution in [3.63, 3.8) is 0 Å². The summed E-state index contributed by atoms with van der Waals surface area (Å²) in [5, 5.41) is 17.1. The van der Waals surface area contributed by atoms with Gasteiger partial charge in [-0.2, -0.15) is 15.0 Å². The lowest BCUT2D eigenvalue weighted by molar-refractivity contribution is -0.193. The summed E-state index contributed by atoms with van der Waals surface area (Å²) in [5.74, 6) is -1.27. The Kier molecular flexibility index (Phi) is 20.8. The number of amides is 2. The second kappa shape index (κ2) is 23.0. The van der Waals surface area contributed by atoms with Gasteiger partial charge in [-0.3, -0.25) is 14.9 Å². The lowest BCUT2D eigenvalue weighted by Gasteiger charge is -2.20. The predicted octanol–water partition coefficient (Wildman–Crippen LogP) is 5.47. The number of nitrogens with one attached hydrogen (secondary N) is 3. The number of halogens is 2. The second-order valence-corrected chi connectivity index (χ2v) is 18.5. The Morgan fingerprint density at radius 2 is 1.74 bits per heavy atom. The topological polar surface area (TPSA) is 228 Å². The van der Waals surface area contributed by atoms with Gasteiger partial charge in [-0.15, -0.1) is 0 Å². The van der Waals surface area contributed by atoms with Crippen molar-refractivity contribution in [2.75, 3.05) is 59.9 Å². The number of hydrogen-bond acceptors (Lipinski definition) is 14. The molecule has 2 fully saturated rings. The molecule has 1 aliphatic heterocycles. The molecule has 21 heteroatoms. The molecule has 1 atom stereocenters. The van der Waals surface area contributed by atoms with E-state index in [0.717, 1.165) is 43.5 Å². The second-order valence-electron chi connectivity index (χ2n) is 13.3. The number of carbonyl (C=O) groups excluding carboxylic acids is 2. The first-order valence-electron chi connectivity index (χ1n) is 16.6. The van der Waals surface area contributed by atoms with Crippen LogP contribution in [0.2, 0.25) is 5.02 Å². The molecule has 1 saturated heterocycles. The van der Waals surface area contributed by atoms with Crippen LogP contribution in [0.5, 0.6) is 5.75 Å². The van der Waals surface area contributed by atoms with Gasteiger partial charge in [-0.05, 0) is 96.0 Å². The van der Waals surface area contributed by atoms with Crippen molar-refractivity contribution in [3.8, 4) is 5.75 Å². The van der Waals surface area contributed by atoms with Crippen LogP contribution in [0.4, 0.5) is 26.8 Å². The largest absolute Gasteiger partial charge is 0.778 e. The van der Waals surface area contributed by atoms with E-state index in [1.807, 2.05) is 18.5 Å². The quantitative estimate of drug-likeness (QED) is 0.0818. The molecule has 1 aromatic carbocycles. The third-order valence-electron chi connectivity index (χ3n) is 6.27. The van der Waals surface area contributed by atoms with E-state index < -0.39 is 44.2 Å². The summed E-state index contributed by atoms with van der Waals surface area (Å²) < 4.78 is 35.0. The van der Waals surface area contributed by atoms with Crippen LogP contribution in [0.25, 0.3) is 0 Å². The molecule has 2 aliphatic rings. The number of thioether (sulfide) groups is 1. The normalized spacial score (nSPS) is 15.2. The minimum absolute atomic E-state index is 0.00962. The Morgan fingerprint density at radius 1 is 1.17 bits per heavy atom. The minimum atomic E-state index is -4.35. The molecule has 0 radical (unpaired) electrons. The van der Waals surface area contributed by atoms with Crippen molar-refractivity contribution < 1.29 is 47.7 Å². The number of aliphatic carboxylic acids is 1. The summed E-state index contributed by atoms with van der Waals surface area (Å²) in [6, 6.07) is 2.32. The number of hydrogen-bond donors (Lipinski definition) is 5. The van der Waals surface area contributed by atoms with Gasteiger partial charge in [-0.1, -0.05) is 23.4 Å². The summed E-state index contributed by atoms with van der Waals surface area (Å²) in [5.41, 5.74) is 0.256. The molecule has 54 heavy (non-hydrogen) atoms. The summed E-state index contributed by atoms with van der Waals surface area (Å²) in [6.07, 6.45) is 10.8. The van der Waals surface area contributed by atoms with E-state index >= 15 is 0 Å². The van der Waals surface area contributed by atoms with Gasteiger partial charge in [-0.25, -0.2) is 14.1 Å². The first kappa shape index (κ1) is 48.8. The number of anilines is 3. The van der Waals surface area contributed by atoms with Gasteiger partial charge in [0.15, 0.2) is 10.9 Å². The molecule has 0 spiro atoms. The number of rotatable bonds is 11. The van der Waals surface area contributed by atoms with Crippen LogP contribution in [-0.4, -0.2) is 99.0 Å². The molecule has 1 saturated carbocycles. The fraction of sp³-hybridized carbons (Fsp3) is 0.576.